The maximum atomic E-state index is 12.4. The lowest BCUT2D eigenvalue weighted by Gasteiger charge is -2.11. The van der Waals surface area contributed by atoms with Crippen LogP contribution in [0.25, 0.3) is 21.7 Å². The van der Waals surface area contributed by atoms with Gasteiger partial charge in [0.2, 0.25) is 0 Å². The maximum Gasteiger partial charge on any atom is 0.355 e. The highest BCUT2D eigenvalue weighted by atomic mass is 35.5. The van der Waals surface area contributed by atoms with Crippen LogP contribution < -0.4 is 4.74 Å². The van der Waals surface area contributed by atoms with Crippen LogP contribution in [0.4, 0.5) is 0 Å². The number of halogens is 1. The first-order chi connectivity index (χ1) is 14.2. The molecule has 1 heterocycles. The second kappa shape index (κ2) is 8.58. The van der Waals surface area contributed by atoms with E-state index in [4.69, 9.17) is 21.1 Å². The third-order valence-electron chi connectivity index (χ3n) is 4.95. The fourth-order valence-electron chi connectivity index (χ4n) is 3.63. The zero-order valence-electron chi connectivity index (χ0n) is 16.2. The Kier molecular flexibility index (Phi) is 5.72. The maximum absolute atomic E-state index is 12.4. The van der Waals surface area contributed by atoms with E-state index in [0.29, 0.717) is 30.4 Å². The topological polar surface area (TPSA) is 51.3 Å². The van der Waals surface area contributed by atoms with Crippen molar-refractivity contribution in [3.63, 3.8) is 0 Å². The van der Waals surface area contributed by atoms with Gasteiger partial charge in [0.1, 0.15) is 11.4 Å². The van der Waals surface area contributed by atoms with Gasteiger partial charge in [0.15, 0.2) is 0 Å². The van der Waals surface area contributed by atoms with E-state index in [1.165, 1.54) is 0 Å². The second-order valence-electron chi connectivity index (χ2n) is 6.79. The zero-order chi connectivity index (χ0) is 20.2. The lowest BCUT2D eigenvalue weighted by molar-refractivity contribution is 0.0519. The first kappa shape index (κ1) is 19.3. The Labute approximate surface area is 174 Å². The number of aryl methyl sites for hydroxylation is 1. The third kappa shape index (κ3) is 3.94. The minimum absolute atomic E-state index is 0.316. The molecule has 148 valence electrons. The Morgan fingerprint density at radius 2 is 1.69 bits per heavy atom. The summed E-state index contributed by atoms with van der Waals surface area (Å²) in [6, 6.07) is 19.6. The highest BCUT2D eigenvalue weighted by Gasteiger charge is 2.18. The molecule has 0 unspecified atom stereocenters. The quantitative estimate of drug-likeness (QED) is 0.294. The summed E-state index contributed by atoms with van der Waals surface area (Å²) in [5.74, 6) is 0.498. The van der Waals surface area contributed by atoms with Gasteiger partial charge in [-0.25, -0.2) is 4.79 Å². The number of ether oxygens (including phenoxy) is 2. The smallest absolute Gasteiger partial charge is 0.355 e. The Bertz CT molecular complexity index is 1170. The predicted octanol–water partition coefficient (Wildman–Crippen LogP) is 6.16. The van der Waals surface area contributed by atoms with E-state index in [9.17, 15) is 4.79 Å². The van der Waals surface area contributed by atoms with Crippen LogP contribution in [0, 0.1) is 0 Å². The molecular weight excluding hydrogens is 386 g/mol. The van der Waals surface area contributed by atoms with E-state index in [1.807, 2.05) is 67.6 Å². The van der Waals surface area contributed by atoms with E-state index >= 15 is 0 Å². The van der Waals surface area contributed by atoms with Crippen molar-refractivity contribution in [2.75, 3.05) is 13.2 Å². The number of esters is 1. The summed E-state index contributed by atoms with van der Waals surface area (Å²) in [6.07, 6.45) is 1.48. The van der Waals surface area contributed by atoms with Crippen LogP contribution in [0.3, 0.4) is 0 Å². The lowest BCUT2D eigenvalue weighted by Crippen LogP contribution is -2.09. The van der Waals surface area contributed by atoms with Crippen molar-refractivity contribution < 1.29 is 14.3 Å². The summed E-state index contributed by atoms with van der Waals surface area (Å²) < 4.78 is 11.3. The fourth-order valence-corrected chi connectivity index (χ4v) is 3.86. The number of benzene rings is 3. The van der Waals surface area contributed by atoms with Crippen LogP contribution >= 0.6 is 11.6 Å². The number of para-hydroxylation sites is 1. The normalized spacial score (nSPS) is 11.1. The molecule has 0 atom stereocenters. The van der Waals surface area contributed by atoms with Crippen molar-refractivity contribution in [1.82, 2.24) is 4.98 Å². The number of hydrogen-bond donors (Lipinski definition) is 1. The molecule has 0 aliphatic carbocycles. The summed E-state index contributed by atoms with van der Waals surface area (Å²) in [5.41, 5.74) is 2.45. The first-order valence-electron chi connectivity index (χ1n) is 9.75. The standard InChI is InChI=1S/C24H22ClNO3/c1-2-28-24(27)23-19(17-9-5-6-12-21(17)26-23)11-7-15-29-22-14-13-20(25)16-8-3-4-10-18(16)22/h3-6,8-10,12-14,26H,2,7,11,15H2,1H3. The molecular formula is C24H22ClNO3. The van der Waals surface area contributed by atoms with Crippen LogP contribution in [-0.4, -0.2) is 24.2 Å². The molecule has 0 radical (unpaired) electrons. The molecule has 1 aromatic heterocycles. The zero-order valence-corrected chi connectivity index (χ0v) is 17.0. The largest absolute Gasteiger partial charge is 0.493 e. The van der Waals surface area contributed by atoms with Crippen LogP contribution in [0.5, 0.6) is 5.75 Å². The average Bonchev–Trinajstić information content (AvgIpc) is 3.12. The molecule has 29 heavy (non-hydrogen) atoms. The Morgan fingerprint density at radius 1 is 0.966 bits per heavy atom. The SMILES string of the molecule is CCOC(=O)c1[nH]c2ccccc2c1CCCOc1ccc(Cl)c2ccccc12. The van der Waals surface area contributed by atoms with Crippen molar-refractivity contribution in [2.24, 2.45) is 0 Å². The number of hydrogen-bond acceptors (Lipinski definition) is 3. The first-order valence-corrected chi connectivity index (χ1v) is 10.1. The molecule has 0 spiro atoms. The number of nitrogens with one attached hydrogen (secondary N) is 1. The predicted molar refractivity (Wildman–Crippen MR) is 117 cm³/mol. The van der Waals surface area contributed by atoms with Crippen molar-refractivity contribution in [3.05, 3.63) is 76.9 Å². The lowest BCUT2D eigenvalue weighted by atomic mass is 10.1. The van der Waals surface area contributed by atoms with Gasteiger partial charge < -0.3 is 14.5 Å². The summed E-state index contributed by atoms with van der Waals surface area (Å²) in [6.45, 7) is 2.69. The molecule has 0 aliphatic heterocycles. The van der Waals surface area contributed by atoms with Crippen molar-refractivity contribution in [3.8, 4) is 5.75 Å². The van der Waals surface area contributed by atoms with Crippen molar-refractivity contribution >= 4 is 39.2 Å². The third-order valence-corrected chi connectivity index (χ3v) is 5.28. The molecule has 4 aromatic rings. The number of fused-ring (bicyclic) bond motifs is 2. The van der Waals surface area contributed by atoms with E-state index in [1.54, 1.807) is 0 Å². The number of aromatic amines is 1. The molecule has 0 fully saturated rings. The molecule has 0 bridgehead atoms. The van der Waals surface area contributed by atoms with Gasteiger partial charge in [-0.05, 0) is 43.5 Å². The van der Waals surface area contributed by atoms with Gasteiger partial charge in [0, 0.05) is 26.7 Å². The van der Waals surface area contributed by atoms with Gasteiger partial charge in [-0.3, -0.25) is 0 Å². The Morgan fingerprint density at radius 3 is 2.48 bits per heavy atom. The van der Waals surface area contributed by atoms with E-state index in [0.717, 1.165) is 39.4 Å². The summed E-state index contributed by atoms with van der Waals surface area (Å²) >= 11 is 6.28. The number of carbonyl (C=O) groups is 1. The number of H-pyrrole nitrogens is 1. The Hall–Kier alpha value is -2.98. The van der Waals surface area contributed by atoms with E-state index < -0.39 is 0 Å². The molecule has 3 aromatic carbocycles. The molecule has 0 aliphatic rings. The summed E-state index contributed by atoms with van der Waals surface area (Å²) in [7, 11) is 0. The highest BCUT2D eigenvalue weighted by molar-refractivity contribution is 6.35. The van der Waals surface area contributed by atoms with Gasteiger partial charge in [0.05, 0.1) is 13.2 Å². The number of aromatic nitrogens is 1. The van der Waals surface area contributed by atoms with Gasteiger partial charge in [-0.2, -0.15) is 0 Å². The monoisotopic (exact) mass is 407 g/mol. The molecule has 4 rings (SSSR count). The van der Waals surface area contributed by atoms with Crippen molar-refractivity contribution in [2.45, 2.75) is 19.8 Å². The molecule has 1 N–H and O–H groups in total. The summed E-state index contributed by atoms with van der Waals surface area (Å²) in [5, 5.41) is 3.74. The van der Waals surface area contributed by atoms with Gasteiger partial charge in [-0.1, -0.05) is 54.1 Å². The number of rotatable bonds is 7. The minimum atomic E-state index is -0.316. The molecule has 4 nitrogen and oxygen atoms in total. The van der Waals surface area contributed by atoms with Gasteiger partial charge >= 0.3 is 5.97 Å². The second-order valence-corrected chi connectivity index (χ2v) is 7.19. The van der Waals surface area contributed by atoms with Gasteiger partial charge in [0.25, 0.3) is 0 Å². The molecule has 0 amide bonds. The molecule has 0 saturated heterocycles. The molecule has 0 saturated carbocycles. The molecule has 5 heteroatoms. The highest BCUT2D eigenvalue weighted by Crippen LogP contribution is 2.31. The van der Waals surface area contributed by atoms with Crippen LogP contribution in [0.1, 0.15) is 29.4 Å². The Balaban J connectivity index is 1.50. The van der Waals surface area contributed by atoms with Crippen LogP contribution in [0.2, 0.25) is 5.02 Å². The fraction of sp³-hybridized carbons (Fsp3) is 0.208. The van der Waals surface area contributed by atoms with E-state index in [2.05, 4.69) is 4.98 Å². The minimum Gasteiger partial charge on any atom is -0.493 e. The summed E-state index contributed by atoms with van der Waals surface area (Å²) in [4.78, 5) is 15.6. The number of carbonyl (C=O) groups excluding carboxylic acids is 1. The van der Waals surface area contributed by atoms with E-state index in [-0.39, 0.29) is 5.97 Å². The van der Waals surface area contributed by atoms with Crippen LogP contribution in [0.15, 0.2) is 60.7 Å². The van der Waals surface area contributed by atoms with Crippen molar-refractivity contribution in [1.29, 1.82) is 0 Å². The average molecular weight is 408 g/mol. The van der Waals surface area contributed by atoms with Gasteiger partial charge in [-0.15, -0.1) is 0 Å². The van der Waals surface area contributed by atoms with Crippen LogP contribution in [-0.2, 0) is 11.2 Å².